The third-order valence-corrected chi connectivity index (χ3v) is 3.04. The van der Waals surface area contributed by atoms with Crippen LogP contribution in [0.2, 0.25) is 0 Å². The van der Waals surface area contributed by atoms with Gasteiger partial charge in [-0.25, -0.2) is 4.39 Å². The molecule has 0 bridgehead atoms. The molecule has 94 valence electrons. The number of carbonyl (C=O) groups excluding carboxylic acids is 1. The van der Waals surface area contributed by atoms with Gasteiger partial charge < -0.3 is 10.6 Å². The zero-order valence-electron chi connectivity index (χ0n) is 10.1. The van der Waals surface area contributed by atoms with E-state index in [0.29, 0.717) is 24.9 Å². The largest absolute Gasteiger partial charge is 0.316 e. The Morgan fingerprint density at radius 1 is 1.56 bits per heavy atom. The van der Waals surface area contributed by atoms with Gasteiger partial charge in [-0.15, -0.1) is 0 Å². The van der Waals surface area contributed by atoms with E-state index in [1.54, 1.807) is 13.0 Å². The van der Waals surface area contributed by atoms with Gasteiger partial charge in [0.05, 0.1) is 11.8 Å². The van der Waals surface area contributed by atoms with Crippen molar-refractivity contribution in [2.75, 3.05) is 11.4 Å². The van der Waals surface area contributed by atoms with Crippen LogP contribution in [-0.2, 0) is 4.79 Å². The minimum atomic E-state index is -0.795. The van der Waals surface area contributed by atoms with E-state index in [1.807, 2.05) is 6.07 Å². The fraction of sp³-hybridized carbons (Fsp3) is 0.385. The molecule has 0 saturated carbocycles. The summed E-state index contributed by atoms with van der Waals surface area (Å²) in [5, 5.41) is 8.49. The number of fused-ring (bicyclic) bond motifs is 1. The maximum absolute atomic E-state index is 13.9. The van der Waals surface area contributed by atoms with E-state index in [-0.39, 0.29) is 11.6 Å². The molecule has 1 aliphatic heterocycles. The van der Waals surface area contributed by atoms with Crippen LogP contribution in [0.5, 0.6) is 0 Å². The highest BCUT2D eigenvalue weighted by molar-refractivity contribution is 6.04. The number of nitrogens with two attached hydrogens (primary N) is 1. The van der Waals surface area contributed by atoms with Crippen LogP contribution in [0.1, 0.15) is 30.0 Å². The highest BCUT2D eigenvalue weighted by Crippen LogP contribution is 2.37. The van der Waals surface area contributed by atoms with Crippen molar-refractivity contribution in [3.05, 3.63) is 29.1 Å². The van der Waals surface area contributed by atoms with Gasteiger partial charge in [-0.05, 0) is 25.0 Å². The molecule has 0 saturated heterocycles. The SMILES string of the molecule is Cc1cc(F)c2c(c1)C(N)C(=O)N2CCCC#N. The Hall–Kier alpha value is -1.93. The second-order valence-electron chi connectivity index (χ2n) is 4.41. The van der Waals surface area contributed by atoms with Crippen LogP contribution >= 0.6 is 0 Å². The van der Waals surface area contributed by atoms with Crippen molar-refractivity contribution < 1.29 is 9.18 Å². The molecule has 1 amide bonds. The third kappa shape index (κ3) is 1.95. The summed E-state index contributed by atoms with van der Waals surface area (Å²) in [5.74, 6) is -0.726. The summed E-state index contributed by atoms with van der Waals surface area (Å²) >= 11 is 0. The van der Waals surface area contributed by atoms with Gasteiger partial charge in [-0.2, -0.15) is 5.26 Å². The van der Waals surface area contributed by atoms with Gasteiger partial charge >= 0.3 is 0 Å². The molecule has 2 N–H and O–H groups in total. The first kappa shape index (κ1) is 12.5. The summed E-state index contributed by atoms with van der Waals surface area (Å²) in [6.45, 7) is 2.09. The summed E-state index contributed by atoms with van der Waals surface area (Å²) in [7, 11) is 0. The van der Waals surface area contributed by atoms with E-state index in [2.05, 4.69) is 0 Å². The van der Waals surface area contributed by atoms with E-state index >= 15 is 0 Å². The Bertz CT molecular complexity index is 536. The summed E-state index contributed by atoms with van der Waals surface area (Å²) in [4.78, 5) is 13.3. The maximum atomic E-state index is 13.9. The van der Waals surface area contributed by atoms with Crippen LogP contribution in [-0.4, -0.2) is 12.5 Å². The first-order valence-electron chi connectivity index (χ1n) is 5.80. The number of nitriles is 1. The Kier molecular flexibility index (Phi) is 3.30. The van der Waals surface area contributed by atoms with Crippen LogP contribution in [0.15, 0.2) is 12.1 Å². The van der Waals surface area contributed by atoms with E-state index in [0.717, 1.165) is 5.56 Å². The Morgan fingerprint density at radius 3 is 2.94 bits per heavy atom. The van der Waals surface area contributed by atoms with Gasteiger partial charge in [0.1, 0.15) is 11.9 Å². The number of amides is 1. The summed E-state index contributed by atoms with van der Waals surface area (Å²) in [6, 6.07) is 4.34. The Balaban J connectivity index is 2.36. The van der Waals surface area contributed by atoms with Crippen molar-refractivity contribution in [1.29, 1.82) is 5.26 Å². The summed E-state index contributed by atoms with van der Waals surface area (Å²) in [5.41, 5.74) is 7.35. The minimum absolute atomic E-state index is 0.274. The Morgan fingerprint density at radius 2 is 2.28 bits per heavy atom. The quantitative estimate of drug-likeness (QED) is 0.828. The average Bonchev–Trinajstić information content (AvgIpc) is 2.55. The van der Waals surface area contributed by atoms with E-state index < -0.39 is 11.9 Å². The molecule has 1 aromatic rings. The first-order chi connectivity index (χ1) is 8.56. The second kappa shape index (κ2) is 4.75. The topological polar surface area (TPSA) is 70.1 Å². The molecule has 4 nitrogen and oxygen atoms in total. The van der Waals surface area contributed by atoms with Crippen LogP contribution in [0.3, 0.4) is 0 Å². The predicted molar refractivity (Wildman–Crippen MR) is 65.3 cm³/mol. The molecule has 1 atom stereocenters. The van der Waals surface area contributed by atoms with Gasteiger partial charge in [-0.1, -0.05) is 6.07 Å². The average molecular weight is 247 g/mol. The second-order valence-corrected chi connectivity index (χ2v) is 4.41. The monoisotopic (exact) mass is 247 g/mol. The van der Waals surface area contributed by atoms with Crippen molar-refractivity contribution in [2.45, 2.75) is 25.8 Å². The van der Waals surface area contributed by atoms with Gasteiger partial charge in [0.15, 0.2) is 0 Å². The number of hydrogen-bond acceptors (Lipinski definition) is 3. The lowest BCUT2D eigenvalue weighted by Gasteiger charge is -2.17. The number of unbranched alkanes of at least 4 members (excludes halogenated alkanes) is 1. The molecule has 0 radical (unpaired) electrons. The lowest BCUT2D eigenvalue weighted by molar-refractivity contribution is -0.119. The lowest BCUT2D eigenvalue weighted by atomic mass is 10.1. The van der Waals surface area contributed by atoms with Crippen molar-refractivity contribution in [3.8, 4) is 6.07 Å². The highest BCUT2D eigenvalue weighted by atomic mass is 19.1. The molecule has 2 rings (SSSR count). The van der Waals surface area contributed by atoms with Crippen molar-refractivity contribution in [2.24, 2.45) is 5.73 Å². The number of rotatable bonds is 3. The van der Waals surface area contributed by atoms with Crippen molar-refractivity contribution in [1.82, 2.24) is 0 Å². The number of benzene rings is 1. The first-order valence-corrected chi connectivity index (χ1v) is 5.80. The fourth-order valence-corrected chi connectivity index (χ4v) is 2.23. The number of aryl methyl sites for hydroxylation is 1. The van der Waals surface area contributed by atoms with Crippen LogP contribution < -0.4 is 10.6 Å². The van der Waals surface area contributed by atoms with Gasteiger partial charge in [0, 0.05) is 18.5 Å². The number of carbonyl (C=O) groups is 1. The van der Waals surface area contributed by atoms with Crippen LogP contribution in [0.4, 0.5) is 10.1 Å². The molecule has 1 aromatic carbocycles. The molecule has 1 unspecified atom stereocenters. The number of hydrogen-bond donors (Lipinski definition) is 1. The van der Waals surface area contributed by atoms with Gasteiger partial charge in [-0.3, -0.25) is 4.79 Å². The normalized spacial score (nSPS) is 17.8. The predicted octanol–water partition coefficient (Wildman–Crippen LogP) is 1.78. The number of anilines is 1. The smallest absolute Gasteiger partial charge is 0.248 e. The van der Waals surface area contributed by atoms with Crippen LogP contribution in [0, 0.1) is 24.1 Å². The fourth-order valence-electron chi connectivity index (χ4n) is 2.23. The lowest BCUT2D eigenvalue weighted by Crippen LogP contribution is -2.32. The summed E-state index contributed by atoms with van der Waals surface area (Å²) in [6.07, 6.45) is 0.851. The molecule has 0 aliphatic carbocycles. The molecule has 0 aromatic heterocycles. The number of nitrogens with zero attached hydrogens (tertiary/aromatic N) is 2. The Labute approximate surface area is 105 Å². The van der Waals surface area contributed by atoms with Crippen molar-refractivity contribution >= 4 is 11.6 Å². The van der Waals surface area contributed by atoms with Crippen LogP contribution in [0.25, 0.3) is 0 Å². The van der Waals surface area contributed by atoms with Gasteiger partial charge in [0.2, 0.25) is 5.91 Å². The van der Waals surface area contributed by atoms with E-state index in [4.69, 9.17) is 11.0 Å². The van der Waals surface area contributed by atoms with E-state index in [1.165, 1.54) is 11.0 Å². The molecular weight excluding hydrogens is 233 g/mol. The maximum Gasteiger partial charge on any atom is 0.248 e. The zero-order chi connectivity index (χ0) is 13.3. The third-order valence-electron chi connectivity index (χ3n) is 3.04. The number of halogens is 1. The zero-order valence-corrected chi connectivity index (χ0v) is 10.1. The molecule has 0 fully saturated rings. The standard InChI is InChI=1S/C13H14FN3O/c1-8-6-9-11(16)13(18)17(5-3-2-4-15)12(9)10(14)7-8/h6-7,11H,2-3,5,16H2,1H3. The molecule has 18 heavy (non-hydrogen) atoms. The minimum Gasteiger partial charge on any atom is -0.316 e. The van der Waals surface area contributed by atoms with Crippen molar-refractivity contribution in [3.63, 3.8) is 0 Å². The molecule has 1 aliphatic rings. The summed E-state index contributed by atoms with van der Waals surface area (Å²) < 4.78 is 13.9. The van der Waals surface area contributed by atoms with Gasteiger partial charge in [0.25, 0.3) is 0 Å². The highest BCUT2D eigenvalue weighted by Gasteiger charge is 2.36. The molecule has 1 heterocycles. The molecule has 5 heteroatoms. The molecule has 0 spiro atoms. The molecular formula is C13H14FN3O. The van der Waals surface area contributed by atoms with E-state index in [9.17, 15) is 9.18 Å².